The molecular formula is C20H30O4. The third-order valence-corrected chi connectivity index (χ3v) is 4.20. The van der Waals surface area contributed by atoms with Gasteiger partial charge in [0.2, 0.25) is 0 Å². The van der Waals surface area contributed by atoms with E-state index in [1.165, 1.54) is 19.3 Å². The Morgan fingerprint density at radius 3 is 2.29 bits per heavy atom. The Hall–Kier alpha value is -1.84. The number of allylic oxidation sites excluding steroid dienone is 5. The van der Waals surface area contributed by atoms with Crippen LogP contribution >= 0.6 is 0 Å². The van der Waals surface area contributed by atoms with Crippen LogP contribution < -0.4 is 0 Å². The summed E-state index contributed by atoms with van der Waals surface area (Å²) in [4.78, 5) is 24.8. The highest BCUT2D eigenvalue weighted by atomic mass is 16.6. The zero-order valence-electron chi connectivity index (χ0n) is 15.2. The second kappa shape index (κ2) is 10.1. The summed E-state index contributed by atoms with van der Waals surface area (Å²) in [6.07, 6.45) is 11.2. The average molecular weight is 334 g/mol. The Bertz CT molecular complexity index is 496. The van der Waals surface area contributed by atoms with Crippen LogP contribution in [0.4, 0.5) is 0 Å². The number of carbonyl (C=O) groups is 2. The number of ether oxygens (including phenoxy) is 2. The van der Waals surface area contributed by atoms with Crippen molar-refractivity contribution in [3.63, 3.8) is 0 Å². The fourth-order valence-electron chi connectivity index (χ4n) is 2.81. The van der Waals surface area contributed by atoms with E-state index in [1.807, 2.05) is 12.2 Å². The fourth-order valence-corrected chi connectivity index (χ4v) is 2.81. The van der Waals surface area contributed by atoms with Crippen molar-refractivity contribution in [2.45, 2.75) is 59.3 Å². The summed E-state index contributed by atoms with van der Waals surface area (Å²) < 4.78 is 10.3. The molecule has 0 atom stereocenters. The van der Waals surface area contributed by atoms with Crippen molar-refractivity contribution in [1.29, 1.82) is 0 Å². The number of carbonyl (C=O) groups excluding carboxylic acids is 2. The van der Waals surface area contributed by atoms with Gasteiger partial charge >= 0.3 is 11.9 Å². The number of hydrogen-bond acceptors (Lipinski definition) is 4. The highest BCUT2D eigenvalue weighted by Crippen LogP contribution is 2.40. The minimum Gasteiger partial charge on any atom is -0.465 e. The van der Waals surface area contributed by atoms with Gasteiger partial charge in [-0.1, -0.05) is 44.6 Å². The van der Waals surface area contributed by atoms with Gasteiger partial charge in [0.25, 0.3) is 0 Å². The predicted molar refractivity (Wildman–Crippen MR) is 95.4 cm³/mol. The van der Waals surface area contributed by atoms with Gasteiger partial charge in [0.1, 0.15) is 0 Å². The molecule has 0 aliphatic heterocycles. The number of hydrogen-bond donors (Lipinski definition) is 0. The molecule has 0 aromatic heterocycles. The molecule has 0 fully saturated rings. The molecule has 4 nitrogen and oxygen atoms in total. The van der Waals surface area contributed by atoms with Crippen LogP contribution in [-0.4, -0.2) is 25.2 Å². The van der Waals surface area contributed by atoms with Crippen molar-refractivity contribution >= 4 is 11.9 Å². The Morgan fingerprint density at radius 1 is 1.17 bits per heavy atom. The first kappa shape index (κ1) is 20.2. The molecule has 1 aliphatic carbocycles. The molecule has 0 aromatic rings. The minimum absolute atomic E-state index is 0.236. The third-order valence-electron chi connectivity index (χ3n) is 4.20. The standard InChI is InChI=1S/C20H30O4/c1-5-8-9-10-11-12-17-13-14-20(15-16(17)4,18(21)23-6-2)19(22)24-7-3/h11-13H,4-10,14-15H2,1-3H3/b12-11+. The molecule has 0 radical (unpaired) electrons. The molecular weight excluding hydrogens is 304 g/mol. The molecule has 0 saturated heterocycles. The van der Waals surface area contributed by atoms with Gasteiger partial charge < -0.3 is 9.47 Å². The van der Waals surface area contributed by atoms with Gasteiger partial charge in [-0.25, -0.2) is 0 Å². The Morgan fingerprint density at radius 2 is 1.79 bits per heavy atom. The van der Waals surface area contributed by atoms with E-state index in [4.69, 9.17) is 9.47 Å². The Labute approximate surface area is 145 Å². The molecule has 1 aliphatic rings. The summed E-state index contributed by atoms with van der Waals surface area (Å²) in [7, 11) is 0. The topological polar surface area (TPSA) is 52.6 Å². The zero-order valence-corrected chi connectivity index (χ0v) is 15.2. The van der Waals surface area contributed by atoms with Crippen molar-refractivity contribution < 1.29 is 19.1 Å². The molecule has 0 unspecified atom stereocenters. The van der Waals surface area contributed by atoms with Crippen LogP contribution in [0, 0.1) is 5.41 Å². The van der Waals surface area contributed by atoms with Gasteiger partial charge in [0.15, 0.2) is 5.41 Å². The number of unbranched alkanes of at least 4 members (excludes halogenated alkanes) is 3. The second-order valence-corrected chi connectivity index (χ2v) is 6.07. The number of esters is 2. The van der Waals surface area contributed by atoms with Gasteiger partial charge in [-0.3, -0.25) is 9.59 Å². The van der Waals surface area contributed by atoms with Gasteiger partial charge in [0.05, 0.1) is 13.2 Å². The monoisotopic (exact) mass is 334 g/mol. The molecule has 0 saturated carbocycles. The van der Waals surface area contributed by atoms with E-state index in [1.54, 1.807) is 13.8 Å². The van der Waals surface area contributed by atoms with Crippen LogP contribution in [0.5, 0.6) is 0 Å². The SMILES string of the molecule is C=C1CC(C(=O)OCC)(C(=O)OCC)CC=C1/C=C/CCCCC. The molecule has 0 spiro atoms. The predicted octanol–water partition coefficient (Wildman–Crippen LogP) is 4.51. The summed E-state index contributed by atoms with van der Waals surface area (Å²) >= 11 is 0. The first-order chi connectivity index (χ1) is 11.5. The third kappa shape index (κ3) is 5.08. The van der Waals surface area contributed by atoms with E-state index in [2.05, 4.69) is 19.6 Å². The van der Waals surface area contributed by atoms with E-state index >= 15 is 0 Å². The van der Waals surface area contributed by atoms with E-state index in [9.17, 15) is 9.59 Å². The smallest absolute Gasteiger partial charge is 0.324 e. The molecule has 24 heavy (non-hydrogen) atoms. The van der Waals surface area contributed by atoms with Gasteiger partial charge in [0, 0.05) is 0 Å². The van der Waals surface area contributed by atoms with Crippen molar-refractivity contribution in [3.8, 4) is 0 Å². The second-order valence-electron chi connectivity index (χ2n) is 6.07. The molecule has 0 aromatic carbocycles. The largest absolute Gasteiger partial charge is 0.465 e. The maximum atomic E-state index is 12.4. The zero-order chi connectivity index (χ0) is 18.0. The van der Waals surface area contributed by atoms with Crippen LogP contribution in [0.15, 0.2) is 36.0 Å². The quantitative estimate of drug-likeness (QED) is 0.353. The van der Waals surface area contributed by atoms with E-state index < -0.39 is 17.4 Å². The first-order valence-corrected chi connectivity index (χ1v) is 8.91. The minimum atomic E-state index is -1.29. The van der Waals surface area contributed by atoms with Crippen LogP contribution in [0.1, 0.15) is 59.3 Å². The molecule has 0 N–H and O–H groups in total. The summed E-state index contributed by atoms with van der Waals surface area (Å²) in [6, 6.07) is 0. The maximum absolute atomic E-state index is 12.4. The van der Waals surface area contributed by atoms with Crippen LogP contribution in [-0.2, 0) is 19.1 Å². The lowest BCUT2D eigenvalue weighted by Gasteiger charge is -2.32. The van der Waals surface area contributed by atoms with E-state index in [0.29, 0.717) is 6.42 Å². The summed E-state index contributed by atoms with van der Waals surface area (Å²) in [5.41, 5.74) is 0.479. The van der Waals surface area contributed by atoms with Gasteiger partial charge in [-0.05, 0) is 50.7 Å². The molecule has 4 heteroatoms. The lowest BCUT2D eigenvalue weighted by molar-refractivity contribution is -0.172. The van der Waals surface area contributed by atoms with Gasteiger partial charge in [-0.2, -0.15) is 0 Å². The van der Waals surface area contributed by atoms with Gasteiger partial charge in [-0.15, -0.1) is 0 Å². The Kier molecular flexibility index (Phi) is 8.51. The lowest BCUT2D eigenvalue weighted by atomic mass is 9.72. The fraction of sp³-hybridized carbons (Fsp3) is 0.600. The maximum Gasteiger partial charge on any atom is 0.324 e. The summed E-state index contributed by atoms with van der Waals surface area (Å²) in [5, 5.41) is 0. The van der Waals surface area contributed by atoms with Crippen molar-refractivity contribution in [3.05, 3.63) is 36.0 Å². The van der Waals surface area contributed by atoms with E-state index in [0.717, 1.165) is 17.6 Å². The normalized spacial score (nSPS) is 16.8. The number of rotatable bonds is 9. The highest BCUT2D eigenvalue weighted by Gasteiger charge is 2.50. The summed E-state index contributed by atoms with van der Waals surface area (Å²) in [6.45, 7) is 10.2. The Balaban J connectivity index is 2.90. The first-order valence-electron chi connectivity index (χ1n) is 8.91. The molecule has 0 amide bonds. The van der Waals surface area contributed by atoms with Crippen molar-refractivity contribution in [2.24, 2.45) is 5.41 Å². The molecule has 134 valence electrons. The molecule has 0 heterocycles. The lowest BCUT2D eigenvalue weighted by Crippen LogP contribution is -2.43. The van der Waals surface area contributed by atoms with Crippen LogP contribution in [0.25, 0.3) is 0 Å². The van der Waals surface area contributed by atoms with Crippen LogP contribution in [0.2, 0.25) is 0 Å². The van der Waals surface area contributed by atoms with Crippen molar-refractivity contribution in [2.75, 3.05) is 13.2 Å². The van der Waals surface area contributed by atoms with Crippen molar-refractivity contribution in [1.82, 2.24) is 0 Å². The molecule has 0 bridgehead atoms. The summed E-state index contributed by atoms with van der Waals surface area (Å²) in [5.74, 6) is -1.04. The van der Waals surface area contributed by atoms with E-state index in [-0.39, 0.29) is 19.6 Å². The molecule has 1 rings (SSSR count). The highest BCUT2D eigenvalue weighted by molar-refractivity contribution is 6.01. The average Bonchev–Trinajstić information content (AvgIpc) is 2.56. The van der Waals surface area contributed by atoms with Crippen LogP contribution in [0.3, 0.4) is 0 Å².